The van der Waals surface area contributed by atoms with Crippen LogP contribution in [-0.4, -0.2) is 51.4 Å². The zero-order chi connectivity index (χ0) is 33.3. The molecule has 0 heterocycles. The molecule has 1 N–H and O–H groups in total. The Morgan fingerprint density at radius 1 is 0.826 bits per heavy atom. The zero-order valence-corrected chi connectivity index (χ0v) is 28.2. The van der Waals surface area contributed by atoms with Crippen LogP contribution >= 0.6 is 23.2 Å². The number of hydrogen-bond acceptors (Lipinski definition) is 5. The van der Waals surface area contributed by atoms with Crippen LogP contribution in [0.5, 0.6) is 5.75 Å². The van der Waals surface area contributed by atoms with Gasteiger partial charge in [-0.3, -0.25) is 13.9 Å². The predicted octanol–water partition coefficient (Wildman–Crippen LogP) is 6.61. The van der Waals surface area contributed by atoms with Crippen molar-refractivity contribution in [2.45, 2.75) is 37.8 Å². The van der Waals surface area contributed by atoms with Gasteiger partial charge in [0.15, 0.2) is 0 Å². The number of benzene rings is 4. The highest BCUT2D eigenvalue weighted by atomic mass is 35.5. The summed E-state index contributed by atoms with van der Waals surface area (Å²) in [6, 6.07) is 27.7. The summed E-state index contributed by atoms with van der Waals surface area (Å²) in [6.45, 7) is 3.74. The van der Waals surface area contributed by atoms with Gasteiger partial charge in [0.2, 0.25) is 11.8 Å². The number of carbonyl (C=O) groups is 2. The molecule has 0 aromatic heterocycles. The second kappa shape index (κ2) is 16.0. The highest BCUT2D eigenvalue weighted by Gasteiger charge is 2.35. The van der Waals surface area contributed by atoms with E-state index in [1.54, 1.807) is 60.7 Å². The van der Waals surface area contributed by atoms with Crippen molar-refractivity contribution in [2.75, 3.05) is 24.5 Å². The van der Waals surface area contributed by atoms with E-state index in [0.717, 1.165) is 9.87 Å². The normalized spacial score (nSPS) is 12.0. The largest absolute Gasteiger partial charge is 0.497 e. The maximum atomic E-state index is 14.5. The van der Waals surface area contributed by atoms with Crippen LogP contribution < -0.4 is 14.4 Å². The van der Waals surface area contributed by atoms with Gasteiger partial charge in [0.25, 0.3) is 10.0 Å². The number of anilines is 1. The zero-order valence-electron chi connectivity index (χ0n) is 25.9. The number of amides is 2. The second-order valence-electron chi connectivity index (χ2n) is 11.1. The summed E-state index contributed by atoms with van der Waals surface area (Å²) in [7, 11) is -2.75. The number of sulfonamides is 1. The molecule has 0 fully saturated rings. The van der Waals surface area contributed by atoms with Crippen molar-refractivity contribution in [1.82, 2.24) is 10.2 Å². The molecule has 0 saturated carbocycles. The molecule has 0 unspecified atom stereocenters. The van der Waals surface area contributed by atoms with Crippen LogP contribution in [0.3, 0.4) is 0 Å². The van der Waals surface area contributed by atoms with Gasteiger partial charge in [-0.25, -0.2) is 8.42 Å². The van der Waals surface area contributed by atoms with Crippen LogP contribution in [0.25, 0.3) is 0 Å². The van der Waals surface area contributed by atoms with Crippen molar-refractivity contribution in [3.63, 3.8) is 0 Å². The summed E-state index contributed by atoms with van der Waals surface area (Å²) in [6.07, 6.45) is 0.197. The van der Waals surface area contributed by atoms with Crippen LogP contribution in [-0.2, 0) is 32.6 Å². The highest BCUT2D eigenvalue weighted by molar-refractivity contribution is 7.92. The molecule has 1 atom stereocenters. The fourth-order valence-corrected chi connectivity index (χ4v) is 6.57. The number of carbonyl (C=O) groups excluding carboxylic acids is 2. The maximum absolute atomic E-state index is 14.5. The molecule has 4 aromatic carbocycles. The molecule has 0 radical (unpaired) electrons. The van der Waals surface area contributed by atoms with Gasteiger partial charge >= 0.3 is 0 Å². The lowest BCUT2D eigenvalue weighted by Crippen LogP contribution is -2.53. The lowest BCUT2D eigenvalue weighted by atomic mass is 10.0. The number of rotatable bonds is 14. The monoisotopic (exact) mass is 681 g/mol. The van der Waals surface area contributed by atoms with Crippen LogP contribution in [0, 0.1) is 5.92 Å². The first kappa shape index (κ1) is 34.8. The van der Waals surface area contributed by atoms with Gasteiger partial charge in [-0.2, -0.15) is 0 Å². The third-order valence-corrected chi connectivity index (χ3v) is 9.77. The molecule has 0 saturated heterocycles. The maximum Gasteiger partial charge on any atom is 0.264 e. The minimum absolute atomic E-state index is 0.0113. The molecule has 0 spiro atoms. The quantitative estimate of drug-likeness (QED) is 0.162. The summed E-state index contributed by atoms with van der Waals surface area (Å²) in [5.74, 6) is -0.361. The third kappa shape index (κ3) is 9.02. The number of nitrogens with zero attached hydrogens (tertiary/aromatic N) is 2. The Balaban J connectivity index is 1.82. The summed E-state index contributed by atoms with van der Waals surface area (Å²) in [4.78, 5) is 29.8. The number of nitrogens with one attached hydrogen (secondary N) is 1. The summed E-state index contributed by atoms with van der Waals surface area (Å²) in [5, 5.41) is 3.61. The number of hydrogen-bond donors (Lipinski definition) is 1. The predicted molar refractivity (Wildman–Crippen MR) is 183 cm³/mol. The van der Waals surface area contributed by atoms with Gasteiger partial charge in [-0.1, -0.05) is 97.7 Å². The van der Waals surface area contributed by atoms with E-state index in [1.807, 2.05) is 44.2 Å². The first-order valence-corrected chi connectivity index (χ1v) is 17.0. The Morgan fingerprint density at radius 3 is 2.13 bits per heavy atom. The Hall–Kier alpha value is -4.05. The van der Waals surface area contributed by atoms with E-state index in [2.05, 4.69) is 5.32 Å². The van der Waals surface area contributed by atoms with E-state index in [1.165, 1.54) is 24.1 Å². The summed E-state index contributed by atoms with van der Waals surface area (Å²) < 4.78 is 34.6. The van der Waals surface area contributed by atoms with E-state index in [9.17, 15) is 18.0 Å². The Kier molecular flexibility index (Phi) is 12.1. The molecule has 0 aliphatic rings. The first-order valence-electron chi connectivity index (χ1n) is 14.8. The van der Waals surface area contributed by atoms with Gasteiger partial charge in [0.1, 0.15) is 18.3 Å². The van der Waals surface area contributed by atoms with Gasteiger partial charge < -0.3 is 15.0 Å². The van der Waals surface area contributed by atoms with Crippen LogP contribution in [0.1, 0.15) is 25.0 Å². The lowest BCUT2D eigenvalue weighted by molar-refractivity contribution is -0.140. The first-order chi connectivity index (χ1) is 22.0. The molecule has 2 amide bonds. The van der Waals surface area contributed by atoms with Crippen LogP contribution in [0.15, 0.2) is 108 Å². The van der Waals surface area contributed by atoms with Gasteiger partial charge in [-0.15, -0.1) is 0 Å². The Morgan fingerprint density at radius 2 is 1.50 bits per heavy atom. The molecule has 0 aliphatic carbocycles. The van der Waals surface area contributed by atoms with Crippen LogP contribution in [0.2, 0.25) is 10.0 Å². The molecule has 46 heavy (non-hydrogen) atoms. The molecule has 242 valence electrons. The molecule has 11 heteroatoms. The minimum atomic E-state index is -4.23. The van der Waals surface area contributed by atoms with E-state index in [0.29, 0.717) is 27.9 Å². The van der Waals surface area contributed by atoms with Gasteiger partial charge in [0.05, 0.1) is 27.7 Å². The molecule has 4 aromatic rings. The molecular weight excluding hydrogens is 645 g/mol. The minimum Gasteiger partial charge on any atom is -0.497 e. The molecule has 4 rings (SSSR count). The standard InChI is InChI=1S/C35H37Cl2N3O5S/c1-25(2)22-38-35(42)33(20-26-11-6-4-7-12-26)39(23-27-17-18-31(36)32(37)19-27)34(41)24-40(28-13-10-14-29(21-28)45-3)46(43,44)30-15-8-5-9-16-30/h4-19,21,25,33H,20,22-24H2,1-3H3,(H,38,42)/t33-/m1/s1. The van der Waals surface area contributed by atoms with Crippen molar-refractivity contribution >= 4 is 50.7 Å². The van der Waals surface area contributed by atoms with E-state index >= 15 is 0 Å². The average molecular weight is 683 g/mol. The van der Waals surface area contributed by atoms with Crippen molar-refractivity contribution in [1.29, 1.82) is 0 Å². The van der Waals surface area contributed by atoms with Gasteiger partial charge in [-0.05, 0) is 53.4 Å². The van der Waals surface area contributed by atoms with Crippen LogP contribution in [0.4, 0.5) is 5.69 Å². The van der Waals surface area contributed by atoms with E-state index in [-0.39, 0.29) is 35.4 Å². The smallest absolute Gasteiger partial charge is 0.264 e. The summed E-state index contributed by atoms with van der Waals surface area (Å²) >= 11 is 12.5. The SMILES string of the molecule is COc1cccc(N(CC(=O)N(Cc2ccc(Cl)c(Cl)c2)[C@H](Cc2ccccc2)C(=O)NCC(C)C)S(=O)(=O)c2ccccc2)c1. The highest BCUT2D eigenvalue weighted by Crippen LogP contribution is 2.29. The lowest BCUT2D eigenvalue weighted by Gasteiger charge is -2.34. The van der Waals surface area contributed by atoms with Crippen molar-refractivity contribution in [2.24, 2.45) is 5.92 Å². The number of halogens is 2. The topological polar surface area (TPSA) is 96.0 Å². The summed E-state index contributed by atoms with van der Waals surface area (Å²) in [5.41, 5.74) is 1.69. The average Bonchev–Trinajstić information content (AvgIpc) is 3.06. The molecule has 0 bridgehead atoms. The fourth-order valence-electron chi connectivity index (χ4n) is 4.83. The molecule has 0 aliphatic heterocycles. The van der Waals surface area contributed by atoms with E-state index in [4.69, 9.17) is 27.9 Å². The van der Waals surface area contributed by atoms with Crippen molar-refractivity contribution in [3.05, 3.63) is 124 Å². The number of ether oxygens (including phenoxy) is 1. The van der Waals surface area contributed by atoms with E-state index < -0.39 is 28.5 Å². The fraction of sp³-hybridized carbons (Fsp3) is 0.257. The second-order valence-corrected chi connectivity index (χ2v) is 13.8. The Labute approximate surface area is 280 Å². The van der Waals surface area contributed by atoms with Gasteiger partial charge in [0, 0.05) is 25.6 Å². The molecular formula is C35H37Cl2N3O5S. The number of methoxy groups -OCH3 is 1. The van der Waals surface area contributed by atoms with Crippen molar-refractivity contribution in [3.8, 4) is 5.75 Å². The third-order valence-electron chi connectivity index (χ3n) is 7.24. The Bertz CT molecular complexity index is 1740. The van der Waals surface area contributed by atoms with Crippen molar-refractivity contribution < 1.29 is 22.7 Å². The molecule has 8 nitrogen and oxygen atoms in total.